The molecule has 0 N–H and O–H groups in total. The van der Waals surface area contributed by atoms with Gasteiger partial charge in [0.05, 0.1) is 23.0 Å². The van der Waals surface area contributed by atoms with Crippen molar-refractivity contribution in [2.45, 2.75) is 24.4 Å². The first kappa shape index (κ1) is 19.9. The summed E-state index contributed by atoms with van der Waals surface area (Å²) in [7, 11) is -1.90. The smallest absolute Gasteiger partial charge is 0.201 e. The second kappa shape index (κ2) is 9.36. The summed E-state index contributed by atoms with van der Waals surface area (Å²) in [5, 5.41) is 1.24. The van der Waals surface area contributed by atoms with Crippen molar-refractivity contribution in [2.24, 2.45) is 0 Å². The van der Waals surface area contributed by atoms with Gasteiger partial charge in [-0.3, -0.25) is 0 Å². The molecule has 2 rings (SSSR count). The van der Waals surface area contributed by atoms with Gasteiger partial charge in [0.1, 0.15) is 0 Å². The van der Waals surface area contributed by atoms with Crippen LogP contribution in [-0.2, 0) is 21.1 Å². The van der Waals surface area contributed by atoms with Crippen LogP contribution in [0.4, 0.5) is 0 Å². The maximum absolute atomic E-state index is 12.6. The number of methoxy groups -OCH3 is 1. The molecular formula is C21H25NO3S. The highest BCUT2D eigenvalue weighted by Crippen LogP contribution is 2.16. The summed E-state index contributed by atoms with van der Waals surface area (Å²) in [5.74, 6) is 0. The van der Waals surface area contributed by atoms with Crippen LogP contribution in [-0.4, -0.2) is 33.1 Å². The van der Waals surface area contributed by atoms with Crippen LogP contribution in [0.25, 0.3) is 0 Å². The van der Waals surface area contributed by atoms with Gasteiger partial charge in [-0.05, 0) is 24.6 Å². The lowest BCUT2D eigenvalue weighted by atomic mass is 10.2. The van der Waals surface area contributed by atoms with E-state index < -0.39 is 9.84 Å². The molecule has 26 heavy (non-hydrogen) atoms. The van der Waals surface area contributed by atoms with Crippen molar-refractivity contribution in [1.29, 1.82) is 0 Å². The largest absolute Gasteiger partial charge is 0.382 e. The molecule has 0 amide bonds. The van der Waals surface area contributed by atoms with E-state index in [1.54, 1.807) is 43.7 Å². The van der Waals surface area contributed by atoms with Crippen molar-refractivity contribution in [1.82, 2.24) is 4.90 Å². The third-order valence-electron chi connectivity index (χ3n) is 4.02. The van der Waals surface area contributed by atoms with E-state index >= 15 is 0 Å². The van der Waals surface area contributed by atoms with Crippen LogP contribution in [0.2, 0.25) is 0 Å². The van der Waals surface area contributed by atoms with Crippen LogP contribution < -0.4 is 0 Å². The molecule has 0 heterocycles. The zero-order valence-corrected chi connectivity index (χ0v) is 16.0. The van der Waals surface area contributed by atoms with Crippen LogP contribution >= 0.6 is 0 Å². The van der Waals surface area contributed by atoms with Gasteiger partial charge in [-0.15, -0.1) is 6.58 Å². The Morgan fingerprint density at radius 2 is 1.77 bits per heavy atom. The van der Waals surface area contributed by atoms with Gasteiger partial charge in [0.15, 0.2) is 0 Å². The normalized spacial score (nSPS) is 12.8. The second-order valence-electron chi connectivity index (χ2n) is 6.06. The molecule has 2 aromatic rings. The lowest BCUT2D eigenvalue weighted by Gasteiger charge is -2.28. The van der Waals surface area contributed by atoms with Crippen LogP contribution in [0, 0.1) is 6.92 Å². The van der Waals surface area contributed by atoms with Crippen molar-refractivity contribution >= 4 is 9.84 Å². The average molecular weight is 372 g/mol. The van der Waals surface area contributed by atoms with E-state index in [4.69, 9.17) is 4.74 Å². The Hall–Kier alpha value is -2.37. The molecular weight excluding hydrogens is 346 g/mol. The van der Waals surface area contributed by atoms with E-state index in [9.17, 15) is 8.42 Å². The SMILES string of the molecule is C=CC(COC)N(/C=C/S(=O)(=O)c1ccc(C)cc1)Cc1ccccc1. The molecule has 0 aromatic heterocycles. The topological polar surface area (TPSA) is 46.6 Å². The number of nitrogens with zero attached hydrogens (tertiary/aromatic N) is 1. The van der Waals surface area contributed by atoms with Crippen molar-refractivity contribution in [3.63, 3.8) is 0 Å². The van der Waals surface area contributed by atoms with E-state index in [-0.39, 0.29) is 10.9 Å². The molecule has 0 saturated carbocycles. The van der Waals surface area contributed by atoms with Gasteiger partial charge in [0, 0.05) is 19.9 Å². The monoisotopic (exact) mass is 371 g/mol. The summed E-state index contributed by atoms with van der Waals surface area (Å²) >= 11 is 0. The third-order valence-corrected chi connectivity index (χ3v) is 5.43. The lowest BCUT2D eigenvalue weighted by molar-refractivity contribution is 0.136. The molecule has 1 atom stereocenters. The Morgan fingerprint density at radius 1 is 1.12 bits per heavy atom. The minimum Gasteiger partial charge on any atom is -0.382 e. The fourth-order valence-electron chi connectivity index (χ4n) is 2.51. The molecule has 138 valence electrons. The fourth-order valence-corrected chi connectivity index (χ4v) is 3.50. The van der Waals surface area contributed by atoms with Gasteiger partial charge in [0.2, 0.25) is 9.84 Å². The number of ether oxygens (including phenoxy) is 1. The van der Waals surface area contributed by atoms with E-state index in [1.807, 2.05) is 42.2 Å². The number of benzene rings is 2. The summed E-state index contributed by atoms with van der Waals surface area (Å²) in [4.78, 5) is 2.19. The molecule has 0 fully saturated rings. The van der Waals surface area contributed by atoms with E-state index in [0.29, 0.717) is 13.2 Å². The van der Waals surface area contributed by atoms with Gasteiger partial charge < -0.3 is 9.64 Å². The Morgan fingerprint density at radius 3 is 2.35 bits per heavy atom. The number of sulfone groups is 1. The number of hydrogen-bond donors (Lipinski definition) is 0. The van der Waals surface area contributed by atoms with Gasteiger partial charge >= 0.3 is 0 Å². The summed E-state index contributed by atoms with van der Waals surface area (Å²) in [6, 6.07) is 16.6. The number of hydrogen-bond acceptors (Lipinski definition) is 4. The summed E-state index contributed by atoms with van der Waals surface area (Å²) < 4.78 is 30.4. The molecule has 0 aliphatic rings. The Bertz CT molecular complexity index is 827. The van der Waals surface area contributed by atoms with E-state index in [2.05, 4.69) is 6.58 Å². The third kappa shape index (κ3) is 5.58. The van der Waals surface area contributed by atoms with E-state index in [1.165, 1.54) is 5.41 Å². The van der Waals surface area contributed by atoms with Crippen molar-refractivity contribution in [3.05, 3.63) is 90.0 Å². The Labute approximate surface area is 156 Å². The molecule has 2 aromatic carbocycles. The van der Waals surface area contributed by atoms with Crippen molar-refractivity contribution in [2.75, 3.05) is 13.7 Å². The average Bonchev–Trinajstić information content (AvgIpc) is 2.64. The summed E-state index contributed by atoms with van der Waals surface area (Å²) in [6.45, 7) is 6.75. The molecule has 0 aliphatic carbocycles. The molecule has 5 heteroatoms. The second-order valence-corrected chi connectivity index (χ2v) is 7.89. The molecule has 0 radical (unpaired) electrons. The minimum atomic E-state index is -3.52. The molecule has 0 saturated heterocycles. The lowest BCUT2D eigenvalue weighted by Crippen LogP contribution is -2.32. The highest BCUT2D eigenvalue weighted by atomic mass is 32.2. The van der Waals surface area contributed by atoms with Gasteiger partial charge in [-0.25, -0.2) is 8.42 Å². The Balaban J connectivity index is 2.27. The maximum Gasteiger partial charge on any atom is 0.201 e. The molecule has 1 unspecified atom stereocenters. The zero-order valence-electron chi connectivity index (χ0n) is 15.2. The highest BCUT2D eigenvalue weighted by Gasteiger charge is 2.15. The predicted octanol–water partition coefficient (Wildman–Crippen LogP) is 3.94. The van der Waals surface area contributed by atoms with Gasteiger partial charge in [-0.1, -0.05) is 54.1 Å². The number of aryl methyl sites for hydroxylation is 1. The minimum absolute atomic E-state index is 0.135. The van der Waals surface area contributed by atoms with Gasteiger partial charge in [-0.2, -0.15) is 0 Å². The van der Waals surface area contributed by atoms with Crippen LogP contribution in [0.5, 0.6) is 0 Å². The first-order chi connectivity index (χ1) is 12.5. The predicted molar refractivity (Wildman–Crippen MR) is 105 cm³/mol. The molecule has 4 nitrogen and oxygen atoms in total. The molecule has 0 bridgehead atoms. The van der Waals surface area contributed by atoms with Crippen LogP contribution in [0.1, 0.15) is 11.1 Å². The van der Waals surface area contributed by atoms with Gasteiger partial charge in [0.25, 0.3) is 0 Å². The van der Waals surface area contributed by atoms with Crippen LogP contribution in [0.3, 0.4) is 0 Å². The van der Waals surface area contributed by atoms with Crippen molar-refractivity contribution in [3.8, 4) is 0 Å². The number of rotatable bonds is 9. The van der Waals surface area contributed by atoms with Crippen LogP contribution in [0.15, 0.2) is 83.8 Å². The first-order valence-electron chi connectivity index (χ1n) is 8.37. The molecule has 0 aliphatic heterocycles. The van der Waals surface area contributed by atoms with E-state index in [0.717, 1.165) is 11.1 Å². The summed E-state index contributed by atoms with van der Waals surface area (Å²) in [5.41, 5.74) is 2.10. The quantitative estimate of drug-likeness (QED) is 0.626. The highest BCUT2D eigenvalue weighted by molar-refractivity contribution is 7.94. The van der Waals surface area contributed by atoms with Crippen molar-refractivity contribution < 1.29 is 13.2 Å². The maximum atomic E-state index is 12.6. The Kier molecular flexibility index (Phi) is 7.18. The standard InChI is InChI=1S/C21H25NO3S/c1-4-20(17-25-3)22(16-19-8-6-5-7-9-19)14-15-26(23,24)21-12-10-18(2)11-13-21/h4-15,20H,1,16-17H2,2-3H3/b15-14+. The first-order valence-corrected chi connectivity index (χ1v) is 9.92. The molecule has 0 spiro atoms. The zero-order chi connectivity index (χ0) is 19.0. The summed E-state index contributed by atoms with van der Waals surface area (Å²) in [6.07, 6.45) is 3.36. The fraction of sp³-hybridized carbons (Fsp3) is 0.238.